The summed E-state index contributed by atoms with van der Waals surface area (Å²) >= 11 is 0. The summed E-state index contributed by atoms with van der Waals surface area (Å²) in [5.41, 5.74) is 5.20. The van der Waals surface area contributed by atoms with Crippen molar-refractivity contribution in [3.8, 4) is 5.69 Å². The van der Waals surface area contributed by atoms with Crippen LogP contribution in [0.2, 0.25) is 0 Å². The van der Waals surface area contributed by atoms with Gasteiger partial charge in [0.05, 0.1) is 11.1 Å². The molecule has 0 radical (unpaired) electrons. The van der Waals surface area contributed by atoms with Crippen LogP contribution in [0.25, 0.3) is 16.6 Å². The van der Waals surface area contributed by atoms with E-state index in [4.69, 9.17) is 0 Å². The van der Waals surface area contributed by atoms with Crippen LogP contribution in [0.1, 0.15) is 35.2 Å². The molecule has 31 heavy (non-hydrogen) atoms. The van der Waals surface area contributed by atoms with Crippen molar-refractivity contribution < 1.29 is 4.79 Å². The number of carbonyl (C=O) groups excluding carboxylic acids is 1. The molecule has 1 amide bonds. The lowest BCUT2D eigenvalue weighted by Gasteiger charge is -2.30. The van der Waals surface area contributed by atoms with Crippen molar-refractivity contribution in [2.24, 2.45) is 0 Å². The van der Waals surface area contributed by atoms with Crippen molar-refractivity contribution >= 4 is 22.5 Å². The molecule has 1 N–H and O–H groups in total. The van der Waals surface area contributed by atoms with E-state index in [1.807, 2.05) is 42.6 Å². The highest BCUT2D eigenvalue weighted by Gasteiger charge is 2.17. The number of hydrogen-bond acceptors (Lipinski definition) is 2. The summed E-state index contributed by atoms with van der Waals surface area (Å²) in [6.45, 7) is 2.71. The van der Waals surface area contributed by atoms with Crippen molar-refractivity contribution in [2.45, 2.75) is 25.8 Å². The van der Waals surface area contributed by atoms with E-state index >= 15 is 0 Å². The van der Waals surface area contributed by atoms with Gasteiger partial charge in [-0.05, 0) is 49.1 Å². The minimum absolute atomic E-state index is 0.0423. The van der Waals surface area contributed by atoms with Gasteiger partial charge in [0.1, 0.15) is 0 Å². The second-order valence-electron chi connectivity index (χ2n) is 8.12. The molecule has 1 aliphatic heterocycles. The van der Waals surface area contributed by atoms with Crippen LogP contribution < -0.4 is 10.2 Å². The van der Waals surface area contributed by atoms with Gasteiger partial charge in [-0.2, -0.15) is 0 Å². The predicted octanol–water partition coefficient (Wildman–Crippen LogP) is 5.55. The number of aromatic nitrogens is 1. The van der Waals surface area contributed by atoms with E-state index in [9.17, 15) is 4.79 Å². The molecular formula is C27H27N3O. The predicted molar refractivity (Wildman–Crippen MR) is 127 cm³/mol. The molecule has 4 aromatic rings. The first-order valence-corrected chi connectivity index (χ1v) is 11.1. The average molecular weight is 410 g/mol. The normalized spacial score (nSPS) is 14.0. The minimum Gasteiger partial charge on any atom is -0.371 e. The second-order valence-corrected chi connectivity index (χ2v) is 8.12. The first-order chi connectivity index (χ1) is 15.3. The van der Waals surface area contributed by atoms with E-state index < -0.39 is 0 Å². The molecule has 4 nitrogen and oxygen atoms in total. The lowest BCUT2D eigenvalue weighted by molar-refractivity contribution is 0.0952. The van der Waals surface area contributed by atoms with Crippen molar-refractivity contribution in [3.63, 3.8) is 0 Å². The third kappa shape index (κ3) is 3.93. The highest BCUT2D eigenvalue weighted by atomic mass is 16.1. The molecule has 0 saturated carbocycles. The molecule has 0 aliphatic carbocycles. The smallest absolute Gasteiger partial charge is 0.253 e. The Hall–Kier alpha value is -3.53. The summed E-state index contributed by atoms with van der Waals surface area (Å²) in [4.78, 5) is 15.7. The number of para-hydroxylation sites is 3. The zero-order valence-corrected chi connectivity index (χ0v) is 17.6. The van der Waals surface area contributed by atoms with Gasteiger partial charge in [0, 0.05) is 42.6 Å². The van der Waals surface area contributed by atoms with Crippen molar-refractivity contribution in [3.05, 3.63) is 96.2 Å². The van der Waals surface area contributed by atoms with Gasteiger partial charge >= 0.3 is 0 Å². The quantitative estimate of drug-likeness (QED) is 0.469. The molecule has 2 heterocycles. The lowest BCUT2D eigenvalue weighted by atomic mass is 10.1. The SMILES string of the molecule is O=C(NCc1ccccc1N1CCCCC1)c1cn(-c2ccccc2)c2ccccc12. The van der Waals surface area contributed by atoms with Crippen molar-refractivity contribution in [1.82, 2.24) is 9.88 Å². The van der Waals surface area contributed by atoms with Gasteiger partial charge in [-0.1, -0.05) is 54.6 Å². The van der Waals surface area contributed by atoms with Crippen LogP contribution in [0.15, 0.2) is 85.1 Å². The Morgan fingerprint density at radius 3 is 2.35 bits per heavy atom. The molecule has 0 atom stereocenters. The Bertz CT molecular complexity index is 1190. The molecule has 0 spiro atoms. The standard InChI is InChI=1S/C27H27N3O/c31-27(28-19-21-11-5-7-15-25(21)29-17-9-2-10-18-29)24-20-30(22-12-3-1-4-13-22)26-16-8-6-14-23(24)26/h1,3-8,11-16,20H,2,9-10,17-19H2,(H,28,31). The number of piperidine rings is 1. The zero-order valence-electron chi connectivity index (χ0n) is 17.6. The highest BCUT2D eigenvalue weighted by molar-refractivity contribution is 6.07. The Kier molecular flexibility index (Phi) is 5.44. The molecule has 1 fully saturated rings. The van der Waals surface area contributed by atoms with E-state index in [0.29, 0.717) is 12.1 Å². The van der Waals surface area contributed by atoms with E-state index in [-0.39, 0.29) is 5.91 Å². The largest absolute Gasteiger partial charge is 0.371 e. The van der Waals surface area contributed by atoms with Crippen molar-refractivity contribution in [2.75, 3.05) is 18.0 Å². The van der Waals surface area contributed by atoms with E-state index in [1.54, 1.807) is 0 Å². The summed E-state index contributed by atoms with van der Waals surface area (Å²) in [6, 6.07) is 26.7. The van der Waals surface area contributed by atoms with Crippen LogP contribution in [-0.2, 0) is 6.54 Å². The topological polar surface area (TPSA) is 37.3 Å². The zero-order chi connectivity index (χ0) is 21.0. The number of fused-ring (bicyclic) bond motifs is 1. The van der Waals surface area contributed by atoms with Crippen LogP contribution in [0, 0.1) is 0 Å². The monoisotopic (exact) mass is 409 g/mol. The Morgan fingerprint density at radius 2 is 1.52 bits per heavy atom. The number of amides is 1. The van der Waals surface area contributed by atoms with Gasteiger partial charge in [0.15, 0.2) is 0 Å². The first kappa shape index (κ1) is 19.4. The van der Waals surface area contributed by atoms with Crippen molar-refractivity contribution in [1.29, 1.82) is 0 Å². The molecule has 1 saturated heterocycles. The van der Waals surface area contributed by atoms with Crippen LogP contribution in [0.4, 0.5) is 5.69 Å². The van der Waals surface area contributed by atoms with Crippen LogP contribution in [0.5, 0.6) is 0 Å². The van der Waals surface area contributed by atoms with Gasteiger partial charge in [-0.25, -0.2) is 0 Å². The molecule has 4 heteroatoms. The number of benzene rings is 3. The lowest BCUT2D eigenvalue weighted by Crippen LogP contribution is -2.31. The maximum atomic E-state index is 13.2. The molecule has 3 aromatic carbocycles. The molecule has 0 bridgehead atoms. The van der Waals surface area contributed by atoms with Crippen LogP contribution >= 0.6 is 0 Å². The fraction of sp³-hybridized carbons (Fsp3) is 0.222. The first-order valence-electron chi connectivity index (χ1n) is 11.1. The van der Waals surface area contributed by atoms with Gasteiger partial charge in [-0.3, -0.25) is 4.79 Å². The number of nitrogens with zero attached hydrogens (tertiary/aromatic N) is 2. The summed E-state index contributed by atoms with van der Waals surface area (Å²) in [5, 5.41) is 4.14. The molecule has 156 valence electrons. The number of anilines is 1. The van der Waals surface area contributed by atoms with E-state index in [1.165, 1.54) is 30.5 Å². The van der Waals surface area contributed by atoms with Gasteiger partial charge in [0.25, 0.3) is 5.91 Å². The third-order valence-corrected chi connectivity index (χ3v) is 6.12. The molecule has 0 unspecified atom stereocenters. The fourth-order valence-electron chi connectivity index (χ4n) is 4.54. The molecular weight excluding hydrogens is 382 g/mol. The highest BCUT2D eigenvalue weighted by Crippen LogP contribution is 2.26. The average Bonchev–Trinajstić information content (AvgIpc) is 3.24. The van der Waals surface area contributed by atoms with Gasteiger partial charge < -0.3 is 14.8 Å². The molecule has 1 aromatic heterocycles. The molecule has 5 rings (SSSR count). The Balaban J connectivity index is 1.41. The maximum absolute atomic E-state index is 13.2. The molecule has 1 aliphatic rings. The van der Waals surface area contributed by atoms with E-state index in [2.05, 4.69) is 57.2 Å². The number of hydrogen-bond donors (Lipinski definition) is 1. The Labute approximate surface area is 183 Å². The summed E-state index contributed by atoms with van der Waals surface area (Å²) < 4.78 is 2.09. The number of carbonyl (C=O) groups is 1. The van der Waals surface area contributed by atoms with Gasteiger partial charge in [-0.15, -0.1) is 0 Å². The fourth-order valence-corrected chi connectivity index (χ4v) is 4.54. The Morgan fingerprint density at radius 1 is 0.806 bits per heavy atom. The van der Waals surface area contributed by atoms with Crippen LogP contribution in [0.3, 0.4) is 0 Å². The third-order valence-electron chi connectivity index (χ3n) is 6.12. The summed E-state index contributed by atoms with van der Waals surface area (Å²) in [7, 11) is 0. The number of nitrogens with one attached hydrogen (secondary N) is 1. The number of rotatable bonds is 5. The minimum atomic E-state index is -0.0423. The van der Waals surface area contributed by atoms with Crippen LogP contribution in [-0.4, -0.2) is 23.6 Å². The summed E-state index contributed by atoms with van der Waals surface area (Å²) in [6.07, 6.45) is 5.73. The summed E-state index contributed by atoms with van der Waals surface area (Å²) in [5.74, 6) is -0.0423. The van der Waals surface area contributed by atoms with Gasteiger partial charge in [0.2, 0.25) is 0 Å². The maximum Gasteiger partial charge on any atom is 0.253 e. The van der Waals surface area contributed by atoms with E-state index in [0.717, 1.165) is 29.7 Å². The second kappa shape index (κ2) is 8.68.